The van der Waals surface area contributed by atoms with Crippen LogP contribution in [0.2, 0.25) is 0 Å². The van der Waals surface area contributed by atoms with Crippen LogP contribution in [0.15, 0.2) is 18.2 Å². The summed E-state index contributed by atoms with van der Waals surface area (Å²) in [4.78, 5) is 2.44. The largest absolute Gasteiger partial charge is 0.497 e. The van der Waals surface area contributed by atoms with Crippen molar-refractivity contribution < 1.29 is 9.13 Å². The highest BCUT2D eigenvalue weighted by Gasteiger charge is 2.38. The van der Waals surface area contributed by atoms with E-state index in [-0.39, 0.29) is 17.4 Å². The number of halogens is 1. The van der Waals surface area contributed by atoms with Gasteiger partial charge in [-0.25, -0.2) is 4.39 Å². The highest BCUT2D eigenvalue weighted by atomic mass is 19.1. The zero-order valence-electron chi connectivity index (χ0n) is 12.9. The Bertz CT molecular complexity index is 456. The summed E-state index contributed by atoms with van der Waals surface area (Å²) in [5, 5.41) is 3.29. The Hall–Kier alpha value is -1.13. The molecule has 4 heteroatoms. The monoisotopic (exact) mass is 280 g/mol. The molecule has 0 amide bonds. The van der Waals surface area contributed by atoms with Gasteiger partial charge in [-0.15, -0.1) is 0 Å². The van der Waals surface area contributed by atoms with E-state index in [1.807, 2.05) is 19.2 Å². The van der Waals surface area contributed by atoms with Crippen molar-refractivity contribution in [3.05, 3.63) is 29.6 Å². The maximum atomic E-state index is 14.4. The van der Waals surface area contributed by atoms with Crippen molar-refractivity contribution in [1.29, 1.82) is 0 Å². The van der Waals surface area contributed by atoms with Crippen molar-refractivity contribution in [1.82, 2.24) is 10.2 Å². The first-order chi connectivity index (χ1) is 9.50. The van der Waals surface area contributed by atoms with Crippen LogP contribution in [-0.2, 0) is 0 Å². The summed E-state index contributed by atoms with van der Waals surface area (Å²) < 4.78 is 19.4. The lowest BCUT2D eigenvalue weighted by atomic mass is 9.86. The molecular weight excluding hydrogens is 255 g/mol. The molecule has 1 heterocycles. The summed E-state index contributed by atoms with van der Waals surface area (Å²) in [6, 6.07) is 5.06. The van der Waals surface area contributed by atoms with Crippen LogP contribution in [0, 0.1) is 5.82 Å². The Morgan fingerprint density at radius 3 is 2.45 bits per heavy atom. The molecule has 1 unspecified atom stereocenters. The molecule has 0 aromatic heterocycles. The molecule has 0 radical (unpaired) electrons. The number of likely N-dealkylation sites (N-methyl/N-ethyl adjacent to an activating group) is 1. The molecule has 0 saturated carbocycles. The Balaban J connectivity index is 2.31. The number of nitrogens with zero attached hydrogens (tertiary/aromatic N) is 1. The Morgan fingerprint density at radius 2 is 1.95 bits per heavy atom. The fourth-order valence-corrected chi connectivity index (χ4v) is 3.23. The maximum absolute atomic E-state index is 14.4. The van der Waals surface area contributed by atoms with Gasteiger partial charge in [0, 0.05) is 17.2 Å². The first kappa shape index (κ1) is 15.3. The molecule has 20 heavy (non-hydrogen) atoms. The lowest BCUT2D eigenvalue weighted by Gasteiger charge is -2.42. The summed E-state index contributed by atoms with van der Waals surface area (Å²) in [6.07, 6.45) is 2.45. The molecule has 1 aliphatic heterocycles. The maximum Gasteiger partial charge on any atom is 0.131 e. The van der Waals surface area contributed by atoms with Gasteiger partial charge in [0.05, 0.1) is 13.2 Å². The molecular formula is C16H25FN2O. The summed E-state index contributed by atoms with van der Waals surface area (Å²) >= 11 is 0. The molecule has 1 N–H and O–H groups in total. The van der Waals surface area contributed by atoms with Crippen LogP contribution >= 0.6 is 0 Å². The minimum absolute atomic E-state index is 0.0495. The highest BCUT2D eigenvalue weighted by molar-refractivity contribution is 5.32. The molecule has 0 spiro atoms. The van der Waals surface area contributed by atoms with E-state index in [9.17, 15) is 4.39 Å². The summed E-state index contributed by atoms with van der Waals surface area (Å²) in [5.41, 5.74) is 0.575. The molecule has 112 valence electrons. The first-order valence-corrected chi connectivity index (χ1v) is 7.26. The van der Waals surface area contributed by atoms with Crippen LogP contribution in [0.25, 0.3) is 0 Å². The third-order valence-electron chi connectivity index (χ3n) is 4.43. The zero-order valence-corrected chi connectivity index (χ0v) is 12.9. The number of ether oxygens (including phenoxy) is 1. The number of hydrogen-bond donors (Lipinski definition) is 1. The molecule has 1 aliphatic rings. The average Bonchev–Trinajstić information content (AvgIpc) is 2.95. The van der Waals surface area contributed by atoms with E-state index in [1.165, 1.54) is 18.9 Å². The topological polar surface area (TPSA) is 24.5 Å². The number of hydrogen-bond acceptors (Lipinski definition) is 3. The molecule has 0 aliphatic carbocycles. The Kier molecular flexibility index (Phi) is 4.66. The van der Waals surface area contributed by atoms with E-state index in [2.05, 4.69) is 24.1 Å². The molecule has 3 nitrogen and oxygen atoms in total. The van der Waals surface area contributed by atoms with Gasteiger partial charge in [0.2, 0.25) is 0 Å². The van der Waals surface area contributed by atoms with Crippen LogP contribution in [-0.4, -0.2) is 37.7 Å². The van der Waals surface area contributed by atoms with Crippen molar-refractivity contribution in [2.24, 2.45) is 0 Å². The van der Waals surface area contributed by atoms with Crippen LogP contribution in [0.3, 0.4) is 0 Å². The quantitative estimate of drug-likeness (QED) is 0.897. The van der Waals surface area contributed by atoms with E-state index < -0.39 is 0 Å². The molecule has 1 atom stereocenters. The number of nitrogens with one attached hydrogen (secondary N) is 1. The van der Waals surface area contributed by atoms with Gasteiger partial charge in [-0.3, -0.25) is 4.90 Å². The Morgan fingerprint density at radius 1 is 1.30 bits per heavy atom. The average molecular weight is 280 g/mol. The number of rotatable bonds is 5. The smallest absolute Gasteiger partial charge is 0.131 e. The predicted octanol–water partition coefficient (Wildman–Crippen LogP) is 2.97. The van der Waals surface area contributed by atoms with Crippen LogP contribution in [0.1, 0.15) is 38.3 Å². The van der Waals surface area contributed by atoms with E-state index in [4.69, 9.17) is 4.74 Å². The molecule has 1 saturated heterocycles. The minimum Gasteiger partial charge on any atom is -0.497 e. The predicted molar refractivity (Wildman–Crippen MR) is 79.6 cm³/mol. The van der Waals surface area contributed by atoms with Gasteiger partial charge in [0.1, 0.15) is 11.6 Å². The molecule has 1 fully saturated rings. The summed E-state index contributed by atoms with van der Waals surface area (Å²) in [5.74, 6) is 0.344. The SMILES string of the molecule is CNC(c1ccc(OC)cc1F)C(C)(C)N1CCCC1. The van der Waals surface area contributed by atoms with E-state index >= 15 is 0 Å². The van der Waals surface area contributed by atoms with Gasteiger partial charge < -0.3 is 10.1 Å². The third-order valence-corrected chi connectivity index (χ3v) is 4.43. The van der Waals surface area contributed by atoms with Crippen molar-refractivity contribution in [2.75, 3.05) is 27.2 Å². The van der Waals surface area contributed by atoms with Crippen LogP contribution < -0.4 is 10.1 Å². The second kappa shape index (κ2) is 6.10. The molecule has 1 aromatic carbocycles. The highest BCUT2D eigenvalue weighted by Crippen LogP contribution is 2.35. The second-order valence-corrected chi connectivity index (χ2v) is 5.96. The summed E-state index contributed by atoms with van der Waals surface area (Å²) in [6.45, 7) is 6.54. The normalized spacial score (nSPS) is 18.2. The van der Waals surface area contributed by atoms with Gasteiger partial charge in [-0.2, -0.15) is 0 Å². The fourth-order valence-electron chi connectivity index (χ4n) is 3.23. The second-order valence-electron chi connectivity index (χ2n) is 5.96. The first-order valence-electron chi connectivity index (χ1n) is 7.26. The van der Waals surface area contributed by atoms with Crippen LogP contribution in [0.5, 0.6) is 5.75 Å². The standard InChI is InChI=1S/C16H25FN2O/c1-16(2,19-9-5-6-10-19)15(18-3)13-8-7-12(20-4)11-14(13)17/h7-8,11,15,18H,5-6,9-10H2,1-4H3. The molecule has 0 bridgehead atoms. The third kappa shape index (κ3) is 2.81. The van der Waals surface area contributed by atoms with Crippen molar-refractivity contribution in [3.63, 3.8) is 0 Å². The lowest BCUT2D eigenvalue weighted by Crippen LogP contribution is -2.51. The van der Waals surface area contributed by atoms with Gasteiger partial charge in [0.25, 0.3) is 0 Å². The van der Waals surface area contributed by atoms with Gasteiger partial charge in [-0.1, -0.05) is 6.07 Å². The Labute approximate surface area is 121 Å². The zero-order chi connectivity index (χ0) is 14.8. The van der Waals surface area contributed by atoms with Crippen LogP contribution in [0.4, 0.5) is 4.39 Å². The summed E-state index contributed by atoms with van der Waals surface area (Å²) in [7, 11) is 3.45. The van der Waals surface area contributed by atoms with Crippen molar-refractivity contribution in [3.8, 4) is 5.75 Å². The number of likely N-dealkylation sites (tertiary alicyclic amines) is 1. The molecule has 1 aromatic rings. The van der Waals surface area contributed by atoms with E-state index in [0.29, 0.717) is 11.3 Å². The minimum atomic E-state index is -0.212. The lowest BCUT2D eigenvalue weighted by molar-refractivity contribution is 0.109. The van der Waals surface area contributed by atoms with Gasteiger partial charge in [-0.05, 0) is 52.9 Å². The van der Waals surface area contributed by atoms with Gasteiger partial charge in [0.15, 0.2) is 0 Å². The fraction of sp³-hybridized carbons (Fsp3) is 0.625. The van der Waals surface area contributed by atoms with E-state index in [0.717, 1.165) is 13.1 Å². The van der Waals surface area contributed by atoms with Crippen molar-refractivity contribution >= 4 is 0 Å². The van der Waals surface area contributed by atoms with Gasteiger partial charge >= 0.3 is 0 Å². The molecule has 2 rings (SSSR count). The number of benzene rings is 1. The van der Waals surface area contributed by atoms with E-state index in [1.54, 1.807) is 7.11 Å². The number of methoxy groups -OCH3 is 1. The van der Waals surface area contributed by atoms with Crippen molar-refractivity contribution in [2.45, 2.75) is 38.3 Å².